The molecule has 3 rings (SSSR count). The molecule has 0 radical (unpaired) electrons. The van der Waals surface area contributed by atoms with Crippen LogP contribution in [-0.4, -0.2) is 14.3 Å². The molecule has 3 aromatic rings. The molecule has 0 unspecified atom stereocenters. The van der Waals surface area contributed by atoms with E-state index in [1.165, 1.54) is 12.1 Å². The molecule has 6 nitrogen and oxygen atoms in total. The van der Waals surface area contributed by atoms with Crippen molar-refractivity contribution in [3.63, 3.8) is 0 Å². The number of nitrogens with two attached hydrogens (primary N) is 1. The van der Waals surface area contributed by atoms with Gasteiger partial charge in [0.05, 0.1) is 17.6 Å². The normalized spacial score (nSPS) is 11.6. The van der Waals surface area contributed by atoms with E-state index in [2.05, 4.69) is 5.32 Å². The van der Waals surface area contributed by atoms with Gasteiger partial charge in [0.15, 0.2) is 0 Å². The Hall–Kier alpha value is -2.64. The van der Waals surface area contributed by atoms with Gasteiger partial charge in [0.2, 0.25) is 15.9 Å². The molecule has 7 heteroatoms. The van der Waals surface area contributed by atoms with E-state index in [4.69, 9.17) is 9.56 Å². The highest BCUT2D eigenvalue weighted by atomic mass is 32.2. The van der Waals surface area contributed by atoms with Crippen molar-refractivity contribution in [1.82, 2.24) is 5.32 Å². The predicted octanol–water partition coefficient (Wildman–Crippen LogP) is 2.25. The number of benzene rings is 2. The van der Waals surface area contributed by atoms with Gasteiger partial charge in [-0.25, -0.2) is 13.6 Å². The Morgan fingerprint density at radius 3 is 2.56 bits per heavy atom. The molecule has 0 atom stereocenters. The molecule has 0 aliphatic heterocycles. The van der Waals surface area contributed by atoms with E-state index in [9.17, 15) is 13.2 Å². The standard InChI is InChI=1S/C18H18N2O4S/c1-12-2-7-16-14(11-24-17(16)8-12)9-18(21)20-10-13-3-5-15(6-4-13)25(19,22)23/h2-8,11H,9-10H2,1H3,(H,20,21)(H2,19,22,23). The number of carbonyl (C=O) groups is 1. The largest absolute Gasteiger partial charge is 0.464 e. The molecular formula is C18H18N2O4S. The van der Waals surface area contributed by atoms with Gasteiger partial charge in [0, 0.05) is 17.5 Å². The minimum Gasteiger partial charge on any atom is -0.464 e. The first-order chi connectivity index (χ1) is 11.8. The first-order valence-corrected chi connectivity index (χ1v) is 9.23. The van der Waals surface area contributed by atoms with Crippen LogP contribution in [0.25, 0.3) is 11.0 Å². The number of nitrogens with one attached hydrogen (secondary N) is 1. The van der Waals surface area contributed by atoms with E-state index in [0.29, 0.717) is 6.54 Å². The maximum Gasteiger partial charge on any atom is 0.238 e. The molecule has 25 heavy (non-hydrogen) atoms. The Kier molecular flexibility index (Phi) is 4.61. The van der Waals surface area contributed by atoms with E-state index < -0.39 is 10.0 Å². The number of hydrogen-bond acceptors (Lipinski definition) is 4. The van der Waals surface area contributed by atoms with Gasteiger partial charge in [-0.2, -0.15) is 0 Å². The van der Waals surface area contributed by atoms with Gasteiger partial charge in [0.1, 0.15) is 5.58 Å². The van der Waals surface area contributed by atoms with Crippen LogP contribution >= 0.6 is 0 Å². The lowest BCUT2D eigenvalue weighted by Gasteiger charge is -2.06. The zero-order valence-corrected chi connectivity index (χ0v) is 14.5. The van der Waals surface area contributed by atoms with Gasteiger partial charge in [0.25, 0.3) is 0 Å². The minimum absolute atomic E-state index is 0.0442. The molecule has 3 N–H and O–H groups in total. The van der Waals surface area contributed by atoms with E-state index in [0.717, 1.165) is 27.7 Å². The average molecular weight is 358 g/mol. The molecule has 0 bridgehead atoms. The molecule has 130 valence electrons. The zero-order chi connectivity index (χ0) is 18.0. The summed E-state index contributed by atoms with van der Waals surface area (Å²) in [5, 5.41) is 8.79. The molecule has 1 amide bonds. The molecule has 0 spiro atoms. The number of primary sulfonamides is 1. The lowest BCUT2D eigenvalue weighted by Crippen LogP contribution is -2.24. The van der Waals surface area contributed by atoms with E-state index in [1.807, 2.05) is 25.1 Å². The summed E-state index contributed by atoms with van der Waals surface area (Å²) < 4.78 is 27.9. The number of rotatable bonds is 5. The van der Waals surface area contributed by atoms with Crippen LogP contribution in [0.1, 0.15) is 16.7 Å². The van der Waals surface area contributed by atoms with Crippen LogP contribution < -0.4 is 10.5 Å². The van der Waals surface area contributed by atoms with Crippen molar-refractivity contribution in [2.75, 3.05) is 0 Å². The van der Waals surface area contributed by atoms with Crippen LogP contribution in [0.3, 0.4) is 0 Å². The Labute approximate surface area is 145 Å². The van der Waals surface area contributed by atoms with Crippen molar-refractivity contribution in [3.05, 3.63) is 65.4 Å². The molecule has 0 aliphatic carbocycles. The van der Waals surface area contributed by atoms with Crippen molar-refractivity contribution in [2.24, 2.45) is 5.14 Å². The molecule has 0 saturated carbocycles. The summed E-state index contributed by atoms with van der Waals surface area (Å²) in [4.78, 5) is 12.2. The average Bonchev–Trinajstić information content (AvgIpc) is 2.94. The lowest BCUT2D eigenvalue weighted by molar-refractivity contribution is -0.120. The second-order valence-corrected chi connectivity index (χ2v) is 7.46. The number of amides is 1. The molecular weight excluding hydrogens is 340 g/mol. The topological polar surface area (TPSA) is 102 Å². The number of carbonyl (C=O) groups excluding carboxylic acids is 1. The van der Waals surface area contributed by atoms with Crippen molar-refractivity contribution < 1.29 is 17.6 Å². The zero-order valence-electron chi connectivity index (χ0n) is 13.7. The lowest BCUT2D eigenvalue weighted by atomic mass is 10.1. The first kappa shape index (κ1) is 17.2. The first-order valence-electron chi connectivity index (χ1n) is 7.68. The predicted molar refractivity (Wildman–Crippen MR) is 94.3 cm³/mol. The summed E-state index contributed by atoms with van der Waals surface area (Å²) in [5.74, 6) is -0.140. The Balaban J connectivity index is 1.62. The van der Waals surface area contributed by atoms with Crippen LogP contribution in [-0.2, 0) is 27.8 Å². The fraction of sp³-hybridized carbons (Fsp3) is 0.167. The van der Waals surface area contributed by atoms with Gasteiger partial charge in [-0.15, -0.1) is 0 Å². The van der Waals surface area contributed by atoms with Crippen molar-refractivity contribution in [2.45, 2.75) is 24.8 Å². The highest BCUT2D eigenvalue weighted by Crippen LogP contribution is 2.22. The van der Waals surface area contributed by atoms with Crippen molar-refractivity contribution in [1.29, 1.82) is 0 Å². The quantitative estimate of drug-likeness (QED) is 0.730. The van der Waals surface area contributed by atoms with E-state index >= 15 is 0 Å². The number of furan rings is 1. The SMILES string of the molecule is Cc1ccc2c(CC(=O)NCc3ccc(S(N)(=O)=O)cc3)coc2c1. The monoisotopic (exact) mass is 358 g/mol. The Bertz CT molecular complexity index is 1020. The highest BCUT2D eigenvalue weighted by molar-refractivity contribution is 7.89. The smallest absolute Gasteiger partial charge is 0.238 e. The minimum atomic E-state index is -3.71. The number of hydrogen-bond donors (Lipinski definition) is 2. The van der Waals surface area contributed by atoms with E-state index in [-0.39, 0.29) is 17.2 Å². The number of fused-ring (bicyclic) bond motifs is 1. The van der Waals surface area contributed by atoms with Gasteiger partial charge < -0.3 is 9.73 Å². The Morgan fingerprint density at radius 2 is 1.88 bits per heavy atom. The van der Waals surface area contributed by atoms with Crippen molar-refractivity contribution >= 4 is 26.9 Å². The Morgan fingerprint density at radius 1 is 1.16 bits per heavy atom. The summed E-state index contributed by atoms with van der Waals surface area (Å²) in [6, 6.07) is 11.9. The molecule has 0 aliphatic rings. The third-order valence-corrected chi connectivity index (χ3v) is 4.83. The molecule has 1 heterocycles. The van der Waals surface area contributed by atoms with Crippen LogP contribution in [0, 0.1) is 6.92 Å². The summed E-state index contributed by atoms with van der Waals surface area (Å²) in [7, 11) is -3.71. The van der Waals surface area contributed by atoms with Gasteiger partial charge in [-0.05, 0) is 36.2 Å². The maximum atomic E-state index is 12.2. The van der Waals surface area contributed by atoms with Crippen LogP contribution in [0.2, 0.25) is 0 Å². The van der Waals surface area contributed by atoms with E-state index in [1.54, 1.807) is 18.4 Å². The highest BCUT2D eigenvalue weighted by Gasteiger charge is 2.11. The third kappa shape index (κ3) is 4.07. The summed E-state index contributed by atoms with van der Waals surface area (Å²) in [6.07, 6.45) is 1.82. The summed E-state index contributed by atoms with van der Waals surface area (Å²) >= 11 is 0. The van der Waals surface area contributed by atoms with Crippen LogP contribution in [0.15, 0.2) is 58.0 Å². The number of aryl methyl sites for hydroxylation is 1. The third-order valence-electron chi connectivity index (χ3n) is 3.90. The van der Waals surface area contributed by atoms with Crippen molar-refractivity contribution in [3.8, 4) is 0 Å². The van der Waals surface area contributed by atoms with Gasteiger partial charge >= 0.3 is 0 Å². The maximum absolute atomic E-state index is 12.2. The summed E-state index contributed by atoms with van der Waals surface area (Å²) in [6.45, 7) is 2.29. The fourth-order valence-electron chi connectivity index (χ4n) is 2.56. The molecule has 0 fully saturated rings. The number of sulfonamides is 1. The van der Waals surface area contributed by atoms with Crippen LogP contribution in [0.4, 0.5) is 0 Å². The molecule has 1 aromatic heterocycles. The summed E-state index contributed by atoms with van der Waals surface area (Å²) in [5.41, 5.74) is 3.48. The molecule has 0 saturated heterocycles. The van der Waals surface area contributed by atoms with Gasteiger partial charge in [-0.3, -0.25) is 4.79 Å². The second-order valence-electron chi connectivity index (χ2n) is 5.90. The fourth-order valence-corrected chi connectivity index (χ4v) is 3.08. The van der Waals surface area contributed by atoms with Gasteiger partial charge in [-0.1, -0.05) is 24.3 Å². The molecule has 2 aromatic carbocycles. The van der Waals surface area contributed by atoms with Crippen LogP contribution in [0.5, 0.6) is 0 Å². The second kappa shape index (κ2) is 6.70.